The summed E-state index contributed by atoms with van der Waals surface area (Å²) in [5, 5.41) is 4.45. The van der Waals surface area contributed by atoms with Gasteiger partial charge in [0.15, 0.2) is 0 Å². The predicted molar refractivity (Wildman–Crippen MR) is 87.2 cm³/mol. The van der Waals surface area contributed by atoms with Crippen LogP contribution < -0.4 is 10.2 Å². The van der Waals surface area contributed by atoms with Crippen molar-refractivity contribution >= 4 is 16.7 Å². The van der Waals surface area contributed by atoms with Crippen LogP contribution in [0.2, 0.25) is 0 Å². The number of hydrogen-bond donors (Lipinski definition) is 1. The van der Waals surface area contributed by atoms with Crippen LogP contribution in [0.4, 0.5) is 5.82 Å². The molecular formula is C17H25N3. The molecular weight excluding hydrogens is 246 g/mol. The molecule has 3 heteroatoms. The molecule has 1 aromatic carbocycles. The Morgan fingerprint density at radius 2 is 2.00 bits per heavy atom. The topological polar surface area (TPSA) is 28.2 Å². The van der Waals surface area contributed by atoms with Gasteiger partial charge in [0.1, 0.15) is 5.82 Å². The number of fused-ring (bicyclic) bond motifs is 1. The zero-order valence-corrected chi connectivity index (χ0v) is 13.0. The Hall–Kier alpha value is -1.61. The van der Waals surface area contributed by atoms with E-state index in [9.17, 15) is 0 Å². The van der Waals surface area contributed by atoms with Crippen LogP contribution in [0.5, 0.6) is 0 Å². The molecule has 20 heavy (non-hydrogen) atoms. The van der Waals surface area contributed by atoms with Crippen molar-refractivity contribution in [1.82, 2.24) is 10.3 Å². The number of aromatic nitrogens is 1. The molecule has 0 amide bonds. The SMILES string of the molecule is CNCc1cc2ccccc2nc1N(C)CCC(C)C. The Morgan fingerprint density at radius 3 is 2.70 bits per heavy atom. The number of nitrogens with zero attached hydrogens (tertiary/aromatic N) is 2. The molecule has 1 heterocycles. The van der Waals surface area contributed by atoms with Crippen molar-refractivity contribution in [2.24, 2.45) is 5.92 Å². The predicted octanol–water partition coefficient (Wildman–Crippen LogP) is 3.44. The zero-order chi connectivity index (χ0) is 14.5. The van der Waals surface area contributed by atoms with Gasteiger partial charge in [0.2, 0.25) is 0 Å². The molecule has 0 aliphatic carbocycles. The fraction of sp³-hybridized carbons (Fsp3) is 0.471. The van der Waals surface area contributed by atoms with E-state index in [0.29, 0.717) is 5.92 Å². The van der Waals surface area contributed by atoms with Gasteiger partial charge in [-0.25, -0.2) is 4.98 Å². The number of nitrogens with one attached hydrogen (secondary N) is 1. The van der Waals surface area contributed by atoms with Gasteiger partial charge in [-0.2, -0.15) is 0 Å². The van der Waals surface area contributed by atoms with E-state index in [4.69, 9.17) is 4.98 Å². The first kappa shape index (κ1) is 14.8. The standard InChI is InChI=1S/C17H25N3/c1-13(2)9-10-20(4)17-15(12-18-3)11-14-7-5-6-8-16(14)19-17/h5-8,11,13,18H,9-10,12H2,1-4H3. The summed E-state index contributed by atoms with van der Waals surface area (Å²) in [7, 11) is 4.12. The molecule has 0 bridgehead atoms. The van der Waals surface area contributed by atoms with Crippen molar-refractivity contribution in [2.45, 2.75) is 26.8 Å². The summed E-state index contributed by atoms with van der Waals surface area (Å²) >= 11 is 0. The Kier molecular flexibility index (Phi) is 4.96. The highest BCUT2D eigenvalue weighted by Crippen LogP contribution is 2.23. The number of anilines is 1. The maximum atomic E-state index is 4.86. The lowest BCUT2D eigenvalue weighted by molar-refractivity contribution is 0.583. The van der Waals surface area contributed by atoms with E-state index in [0.717, 1.165) is 24.4 Å². The molecule has 0 saturated heterocycles. The van der Waals surface area contributed by atoms with E-state index in [1.54, 1.807) is 0 Å². The van der Waals surface area contributed by atoms with Gasteiger partial charge < -0.3 is 10.2 Å². The minimum Gasteiger partial charge on any atom is -0.359 e. The van der Waals surface area contributed by atoms with Crippen molar-refractivity contribution < 1.29 is 0 Å². The van der Waals surface area contributed by atoms with Gasteiger partial charge in [-0.3, -0.25) is 0 Å². The van der Waals surface area contributed by atoms with Gasteiger partial charge >= 0.3 is 0 Å². The van der Waals surface area contributed by atoms with E-state index in [1.165, 1.54) is 17.4 Å². The summed E-state index contributed by atoms with van der Waals surface area (Å²) in [5.74, 6) is 1.81. The minimum absolute atomic E-state index is 0.714. The Morgan fingerprint density at radius 1 is 1.25 bits per heavy atom. The van der Waals surface area contributed by atoms with Crippen LogP contribution in [0.1, 0.15) is 25.8 Å². The van der Waals surface area contributed by atoms with E-state index in [2.05, 4.69) is 55.4 Å². The van der Waals surface area contributed by atoms with Crippen LogP contribution in [-0.4, -0.2) is 25.6 Å². The zero-order valence-electron chi connectivity index (χ0n) is 13.0. The molecule has 1 N–H and O–H groups in total. The lowest BCUT2D eigenvalue weighted by atomic mass is 10.1. The molecule has 0 aliphatic rings. The van der Waals surface area contributed by atoms with Crippen molar-refractivity contribution in [3.8, 4) is 0 Å². The highest BCUT2D eigenvalue weighted by Gasteiger charge is 2.11. The largest absolute Gasteiger partial charge is 0.359 e. The minimum atomic E-state index is 0.714. The van der Waals surface area contributed by atoms with Crippen LogP contribution in [0.3, 0.4) is 0 Å². The molecule has 0 fully saturated rings. The molecule has 1 aromatic heterocycles. The van der Waals surface area contributed by atoms with Crippen LogP contribution >= 0.6 is 0 Å². The van der Waals surface area contributed by atoms with Crippen molar-refractivity contribution in [3.05, 3.63) is 35.9 Å². The monoisotopic (exact) mass is 271 g/mol. The average Bonchev–Trinajstić information content (AvgIpc) is 2.44. The summed E-state index contributed by atoms with van der Waals surface area (Å²) in [4.78, 5) is 7.13. The lowest BCUT2D eigenvalue weighted by Crippen LogP contribution is -2.23. The third-order valence-electron chi connectivity index (χ3n) is 3.55. The van der Waals surface area contributed by atoms with Gasteiger partial charge in [-0.1, -0.05) is 32.0 Å². The van der Waals surface area contributed by atoms with Crippen LogP contribution in [0.15, 0.2) is 30.3 Å². The van der Waals surface area contributed by atoms with E-state index in [1.807, 2.05) is 13.1 Å². The highest BCUT2D eigenvalue weighted by molar-refractivity contribution is 5.81. The number of rotatable bonds is 6. The van der Waals surface area contributed by atoms with Crippen LogP contribution in [0, 0.1) is 5.92 Å². The van der Waals surface area contributed by atoms with Crippen molar-refractivity contribution in [1.29, 1.82) is 0 Å². The highest BCUT2D eigenvalue weighted by atomic mass is 15.2. The average molecular weight is 271 g/mol. The molecule has 0 aliphatic heterocycles. The summed E-state index contributed by atoms with van der Waals surface area (Å²) in [6.45, 7) is 6.41. The fourth-order valence-electron chi connectivity index (χ4n) is 2.36. The second kappa shape index (κ2) is 6.71. The molecule has 0 unspecified atom stereocenters. The quantitative estimate of drug-likeness (QED) is 0.872. The fourth-order valence-corrected chi connectivity index (χ4v) is 2.36. The normalized spacial score (nSPS) is 11.2. The molecule has 108 valence electrons. The summed E-state index contributed by atoms with van der Waals surface area (Å²) in [6, 6.07) is 10.6. The second-order valence-corrected chi connectivity index (χ2v) is 5.80. The third-order valence-corrected chi connectivity index (χ3v) is 3.55. The second-order valence-electron chi connectivity index (χ2n) is 5.80. The van der Waals surface area contributed by atoms with E-state index in [-0.39, 0.29) is 0 Å². The number of hydrogen-bond acceptors (Lipinski definition) is 3. The number of pyridine rings is 1. The molecule has 0 atom stereocenters. The first-order chi connectivity index (χ1) is 9.61. The van der Waals surface area contributed by atoms with Crippen LogP contribution in [0.25, 0.3) is 10.9 Å². The molecule has 0 spiro atoms. The lowest BCUT2D eigenvalue weighted by Gasteiger charge is -2.22. The van der Waals surface area contributed by atoms with E-state index < -0.39 is 0 Å². The first-order valence-electron chi connectivity index (χ1n) is 7.36. The summed E-state index contributed by atoms with van der Waals surface area (Å²) in [6.07, 6.45) is 1.18. The van der Waals surface area contributed by atoms with Crippen molar-refractivity contribution in [3.63, 3.8) is 0 Å². The maximum Gasteiger partial charge on any atom is 0.133 e. The third kappa shape index (κ3) is 3.48. The number of benzene rings is 1. The van der Waals surface area contributed by atoms with Gasteiger partial charge in [-0.05, 0) is 31.5 Å². The Bertz CT molecular complexity index is 563. The maximum absolute atomic E-state index is 4.86. The molecule has 0 saturated carbocycles. The van der Waals surface area contributed by atoms with Gasteiger partial charge in [0, 0.05) is 31.1 Å². The molecule has 0 radical (unpaired) electrons. The molecule has 3 nitrogen and oxygen atoms in total. The smallest absolute Gasteiger partial charge is 0.133 e. The molecule has 2 rings (SSSR count). The molecule has 2 aromatic rings. The van der Waals surface area contributed by atoms with E-state index >= 15 is 0 Å². The first-order valence-corrected chi connectivity index (χ1v) is 7.36. The summed E-state index contributed by atoms with van der Waals surface area (Å²) < 4.78 is 0. The van der Waals surface area contributed by atoms with Gasteiger partial charge in [0.25, 0.3) is 0 Å². The Balaban J connectivity index is 2.35. The van der Waals surface area contributed by atoms with Crippen LogP contribution in [-0.2, 0) is 6.54 Å². The number of para-hydroxylation sites is 1. The van der Waals surface area contributed by atoms with Crippen molar-refractivity contribution in [2.75, 3.05) is 25.5 Å². The Labute approximate surface area is 122 Å². The van der Waals surface area contributed by atoms with Gasteiger partial charge in [-0.15, -0.1) is 0 Å². The summed E-state index contributed by atoms with van der Waals surface area (Å²) in [5.41, 5.74) is 2.33. The van der Waals surface area contributed by atoms with Gasteiger partial charge in [0.05, 0.1) is 5.52 Å².